The van der Waals surface area contributed by atoms with E-state index in [9.17, 15) is 5.11 Å². The first-order valence-corrected chi connectivity index (χ1v) is 10.8. The van der Waals surface area contributed by atoms with Crippen molar-refractivity contribution < 1.29 is 34.7 Å². The van der Waals surface area contributed by atoms with Gasteiger partial charge in [-0.15, -0.1) is 0 Å². The highest BCUT2D eigenvalue weighted by Gasteiger charge is 2.50. The molecule has 1 atom stereocenters. The van der Waals surface area contributed by atoms with Gasteiger partial charge in [0.15, 0.2) is 0 Å². The Bertz CT molecular complexity index is 409. The normalized spacial score (nSPS) is 36.9. The van der Waals surface area contributed by atoms with Gasteiger partial charge in [0, 0.05) is 39.3 Å². The van der Waals surface area contributed by atoms with E-state index in [4.69, 9.17) is 4.74 Å². The second kappa shape index (κ2) is 10.4. The van der Waals surface area contributed by atoms with E-state index < -0.39 is 0 Å². The number of halogens is 2. The number of nitrogens with zero attached hydrogens (tertiary/aromatic N) is 2. The molecule has 5 fully saturated rings. The third kappa shape index (κ3) is 5.96. The van der Waals surface area contributed by atoms with Crippen LogP contribution in [0.2, 0.25) is 0 Å². The summed E-state index contributed by atoms with van der Waals surface area (Å²) in [5.41, 5.74) is 0.607. The third-order valence-electron chi connectivity index (χ3n) is 7.63. The molecule has 6 heteroatoms. The van der Waals surface area contributed by atoms with Gasteiger partial charge in [0.2, 0.25) is 0 Å². The average molecular weight is 421 g/mol. The zero-order valence-corrected chi connectivity index (χ0v) is 18.4. The summed E-state index contributed by atoms with van der Waals surface area (Å²) in [6, 6.07) is 0. The molecular weight excluding hydrogens is 383 g/mol. The SMILES string of the molecule is CCN1CCN(CC(O)COCCC23CC4CC(CC(C4)C2)C3)CC1.[Cl-].[Cl-]. The van der Waals surface area contributed by atoms with Gasteiger partial charge in [-0.3, -0.25) is 4.90 Å². The number of piperazine rings is 1. The Kier molecular flexibility index (Phi) is 9.17. The molecular formula is C21H38Cl2N2O2-2. The van der Waals surface area contributed by atoms with Gasteiger partial charge < -0.3 is 39.6 Å². The Labute approximate surface area is 178 Å². The Morgan fingerprint density at radius 1 is 0.926 bits per heavy atom. The molecule has 1 N–H and O–H groups in total. The van der Waals surface area contributed by atoms with Gasteiger partial charge in [-0.05, 0) is 74.7 Å². The van der Waals surface area contributed by atoms with Crippen molar-refractivity contribution in [2.24, 2.45) is 23.2 Å². The number of likely N-dealkylation sites (N-methyl/N-ethyl adjacent to an activating group) is 1. The average Bonchev–Trinajstić information content (AvgIpc) is 2.58. The topological polar surface area (TPSA) is 35.9 Å². The molecule has 4 nitrogen and oxygen atoms in total. The van der Waals surface area contributed by atoms with Crippen molar-refractivity contribution in [1.29, 1.82) is 0 Å². The molecule has 27 heavy (non-hydrogen) atoms. The second-order valence-electron chi connectivity index (χ2n) is 9.63. The minimum absolute atomic E-state index is 0. The first-order chi connectivity index (χ1) is 12.1. The van der Waals surface area contributed by atoms with Gasteiger partial charge in [0.05, 0.1) is 12.7 Å². The van der Waals surface area contributed by atoms with Crippen molar-refractivity contribution in [1.82, 2.24) is 9.80 Å². The predicted molar refractivity (Wildman–Crippen MR) is 101 cm³/mol. The van der Waals surface area contributed by atoms with Crippen LogP contribution < -0.4 is 24.8 Å². The highest BCUT2D eigenvalue weighted by atomic mass is 35.5. The third-order valence-corrected chi connectivity index (χ3v) is 7.63. The fourth-order valence-electron chi connectivity index (χ4n) is 6.74. The van der Waals surface area contributed by atoms with Crippen LogP contribution in [-0.4, -0.2) is 73.5 Å². The van der Waals surface area contributed by atoms with Gasteiger partial charge in [-0.2, -0.15) is 0 Å². The number of ether oxygens (including phenoxy) is 1. The summed E-state index contributed by atoms with van der Waals surface area (Å²) in [5, 5.41) is 10.3. The minimum atomic E-state index is -0.329. The van der Waals surface area contributed by atoms with E-state index >= 15 is 0 Å². The summed E-state index contributed by atoms with van der Waals surface area (Å²) in [6.07, 6.45) is 9.85. The number of hydrogen-bond donors (Lipinski definition) is 1. The van der Waals surface area contributed by atoms with Crippen LogP contribution in [0.4, 0.5) is 0 Å². The van der Waals surface area contributed by atoms with Gasteiger partial charge in [-0.25, -0.2) is 0 Å². The molecule has 1 unspecified atom stereocenters. The first-order valence-electron chi connectivity index (χ1n) is 10.8. The predicted octanol–water partition coefficient (Wildman–Crippen LogP) is -3.38. The smallest absolute Gasteiger partial charge is 0.0900 e. The maximum atomic E-state index is 10.3. The van der Waals surface area contributed by atoms with E-state index in [1.54, 1.807) is 0 Å². The van der Waals surface area contributed by atoms with Crippen LogP contribution in [0.15, 0.2) is 0 Å². The highest BCUT2D eigenvalue weighted by Crippen LogP contribution is 2.61. The highest BCUT2D eigenvalue weighted by molar-refractivity contribution is 5.01. The fourth-order valence-corrected chi connectivity index (χ4v) is 6.74. The molecule has 1 heterocycles. The quantitative estimate of drug-likeness (QED) is 0.415. The van der Waals surface area contributed by atoms with E-state index in [2.05, 4.69) is 16.7 Å². The van der Waals surface area contributed by atoms with Crippen LogP contribution in [0.5, 0.6) is 0 Å². The maximum Gasteiger partial charge on any atom is 0.0900 e. The van der Waals surface area contributed by atoms with Crippen molar-refractivity contribution in [3.63, 3.8) is 0 Å². The molecule has 1 saturated heterocycles. The molecule has 0 spiro atoms. The molecule has 1 aliphatic heterocycles. The molecule has 5 aliphatic rings. The monoisotopic (exact) mass is 420 g/mol. The molecule has 160 valence electrons. The minimum Gasteiger partial charge on any atom is -1.00 e. The molecule has 4 aliphatic carbocycles. The lowest BCUT2D eigenvalue weighted by Crippen LogP contribution is -3.00. The lowest BCUT2D eigenvalue weighted by atomic mass is 9.49. The summed E-state index contributed by atoms with van der Waals surface area (Å²) < 4.78 is 5.93. The Balaban J connectivity index is 0.00000131. The number of β-amino-alcohol motifs (C(OH)–C–C–N with tert-alkyl or cyclic N) is 1. The summed E-state index contributed by atoms with van der Waals surface area (Å²) in [6.45, 7) is 9.94. The lowest BCUT2D eigenvalue weighted by molar-refractivity contribution is -0.0744. The molecule has 4 bridgehead atoms. The Morgan fingerprint density at radius 2 is 1.44 bits per heavy atom. The summed E-state index contributed by atoms with van der Waals surface area (Å²) >= 11 is 0. The van der Waals surface area contributed by atoms with Crippen molar-refractivity contribution in [2.45, 2.75) is 58.0 Å². The van der Waals surface area contributed by atoms with E-state index in [-0.39, 0.29) is 30.9 Å². The molecule has 0 aromatic carbocycles. The number of rotatable bonds is 8. The van der Waals surface area contributed by atoms with Crippen molar-refractivity contribution in [2.75, 3.05) is 52.5 Å². The molecule has 4 saturated carbocycles. The first kappa shape index (κ1) is 23.7. The zero-order valence-electron chi connectivity index (χ0n) is 16.9. The van der Waals surface area contributed by atoms with Gasteiger partial charge in [0.25, 0.3) is 0 Å². The van der Waals surface area contributed by atoms with Crippen molar-refractivity contribution >= 4 is 0 Å². The van der Waals surface area contributed by atoms with E-state index in [0.29, 0.717) is 12.0 Å². The summed E-state index contributed by atoms with van der Waals surface area (Å²) in [5.74, 6) is 3.08. The van der Waals surface area contributed by atoms with Crippen LogP contribution >= 0.6 is 0 Å². The standard InChI is InChI=1S/C21H38N2O2.2ClH/c1-2-22-4-6-23(7-5-22)15-20(24)16-25-8-3-21-12-17-9-18(13-21)11-19(10-17)14-21;;/h17-20,24H,2-16H2,1H3;2*1H/p-2. The van der Waals surface area contributed by atoms with Gasteiger partial charge >= 0.3 is 0 Å². The molecule has 0 radical (unpaired) electrons. The largest absolute Gasteiger partial charge is 1.00 e. The van der Waals surface area contributed by atoms with Crippen LogP contribution in [0.3, 0.4) is 0 Å². The number of aliphatic hydroxyl groups excluding tert-OH is 1. The van der Waals surface area contributed by atoms with Crippen LogP contribution in [0.25, 0.3) is 0 Å². The van der Waals surface area contributed by atoms with Gasteiger partial charge in [0.1, 0.15) is 0 Å². The maximum absolute atomic E-state index is 10.3. The van der Waals surface area contributed by atoms with Crippen molar-refractivity contribution in [3.8, 4) is 0 Å². The van der Waals surface area contributed by atoms with Crippen LogP contribution in [0, 0.1) is 23.2 Å². The molecule has 0 amide bonds. The number of hydrogen-bond acceptors (Lipinski definition) is 4. The fraction of sp³-hybridized carbons (Fsp3) is 1.00. The summed E-state index contributed by atoms with van der Waals surface area (Å²) in [4.78, 5) is 4.87. The summed E-state index contributed by atoms with van der Waals surface area (Å²) in [7, 11) is 0. The second-order valence-corrected chi connectivity index (χ2v) is 9.63. The number of aliphatic hydroxyl groups is 1. The van der Waals surface area contributed by atoms with E-state index in [0.717, 1.165) is 63.6 Å². The van der Waals surface area contributed by atoms with Crippen LogP contribution in [-0.2, 0) is 4.74 Å². The molecule has 5 rings (SSSR count). The van der Waals surface area contributed by atoms with Crippen molar-refractivity contribution in [3.05, 3.63) is 0 Å². The Morgan fingerprint density at radius 3 is 1.96 bits per heavy atom. The lowest BCUT2D eigenvalue weighted by Gasteiger charge is -2.57. The molecule has 0 aromatic heterocycles. The molecule has 0 aromatic rings. The Hall–Kier alpha value is 0.420. The van der Waals surface area contributed by atoms with E-state index in [1.807, 2.05) is 0 Å². The van der Waals surface area contributed by atoms with E-state index in [1.165, 1.54) is 44.9 Å². The van der Waals surface area contributed by atoms with Gasteiger partial charge in [-0.1, -0.05) is 6.92 Å². The zero-order chi connectivity index (χ0) is 17.3. The van der Waals surface area contributed by atoms with Crippen LogP contribution in [0.1, 0.15) is 51.9 Å².